The molecule has 1 aromatic heterocycles. The van der Waals surface area contributed by atoms with Crippen LogP contribution in [0.4, 0.5) is 0 Å². The largest absolute Gasteiger partial charge is 0.271 e. The van der Waals surface area contributed by atoms with E-state index < -0.39 is 0 Å². The predicted molar refractivity (Wildman–Crippen MR) is 77.6 cm³/mol. The molecule has 0 aliphatic carbocycles. The van der Waals surface area contributed by atoms with Crippen LogP contribution in [0.3, 0.4) is 0 Å². The number of hydrogen-bond donors (Lipinski definition) is 1. The molecule has 0 bridgehead atoms. The van der Waals surface area contributed by atoms with E-state index in [0.29, 0.717) is 17.0 Å². The van der Waals surface area contributed by atoms with E-state index >= 15 is 0 Å². The lowest BCUT2D eigenvalue weighted by atomic mass is 10.1. The van der Waals surface area contributed by atoms with Gasteiger partial charge in [-0.15, -0.1) is 0 Å². The Morgan fingerprint density at radius 3 is 2.65 bits per heavy atom. The van der Waals surface area contributed by atoms with Crippen molar-refractivity contribution < 1.29 is 4.79 Å². The maximum absolute atomic E-state index is 12.0. The third-order valence-corrected chi connectivity index (χ3v) is 3.03. The van der Waals surface area contributed by atoms with Gasteiger partial charge < -0.3 is 0 Å². The van der Waals surface area contributed by atoms with Crippen LogP contribution >= 0.6 is 0 Å². The molecule has 0 aliphatic rings. The standard InChI is InChI=1S/C15H16N4O/c1-10-4-5-13(8-11(10)2)15(20)19-18-12(3)14-9-16-6-7-17-14/h4-9H,1-3H3,(H,19,20)/b18-12+. The van der Waals surface area contributed by atoms with Gasteiger partial charge in [0.2, 0.25) is 0 Å². The fraction of sp³-hybridized carbons (Fsp3) is 0.200. The predicted octanol–water partition coefficient (Wildman–Crippen LogP) is 2.25. The summed E-state index contributed by atoms with van der Waals surface area (Å²) in [4.78, 5) is 20.1. The second-order valence-corrected chi connectivity index (χ2v) is 4.53. The zero-order valence-corrected chi connectivity index (χ0v) is 11.7. The number of aryl methyl sites for hydroxylation is 2. The van der Waals surface area contributed by atoms with Crippen molar-refractivity contribution in [1.82, 2.24) is 15.4 Å². The van der Waals surface area contributed by atoms with Gasteiger partial charge >= 0.3 is 0 Å². The second kappa shape index (κ2) is 6.06. The third kappa shape index (κ3) is 3.26. The van der Waals surface area contributed by atoms with E-state index in [-0.39, 0.29) is 5.91 Å². The van der Waals surface area contributed by atoms with E-state index in [9.17, 15) is 4.79 Å². The molecule has 0 fully saturated rings. The van der Waals surface area contributed by atoms with E-state index in [1.54, 1.807) is 31.6 Å². The monoisotopic (exact) mass is 268 g/mol. The van der Waals surface area contributed by atoms with Gasteiger partial charge in [0.1, 0.15) is 5.69 Å². The minimum Gasteiger partial charge on any atom is -0.267 e. The van der Waals surface area contributed by atoms with E-state index in [4.69, 9.17) is 0 Å². The average molecular weight is 268 g/mol. The van der Waals surface area contributed by atoms with Crippen LogP contribution in [0.25, 0.3) is 0 Å². The number of amides is 1. The number of hydrazone groups is 1. The summed E-state index contributed by atoms with van der Waals surface area (Å²) in [6, 6.07) is 5.55. The number of benzene rings is 1. The first-order valence-electron chi connectivity index (χ1n) is 6.26. The first-order chi connectivity index (χ1) is 9.58. The van der Waals surface area contributed by atoms with Crippen molar-refractivity contribution >= 4 is 11.6 Å². The van der Waals surface area contributed by atoms with Crippen LogP contribution < -0.4 is 5.43 Å². The molecule has 2 rings (SSSR count). The number of nitrogens with zero attached hydrogens (tertiary/aromatic N) is 3. The molecule has 0 radical (unpaired) electrons. The fourth-order valence-corrected chi connectivity index (χ4v) is 1.63. The molecule has 5 nitrogen and oxygen atoms in total. The molecule has 20 heavy (non-hydrogen) atoms. The van der Waals surface area contributed by atoms with Gasteiger partial charge in [0, 0.05) is 18.0 Å². The minimum absolute atomic E-state index is 0.239. The number of nitrogens with one attached hydrogen (secondary N) is 1. The molecule has 1 heterocycles. The summed E-state index contributed by atoms with van der Waals surface area (Å²) in [5, 5.41) is 4.04. The molecular weight excluding hydrogens is 252 g/mol. The van der Waals surface area contributed by atoms with Crippen molar-refractivity contribution in [1.29, 1.82) is 0 Å². The maximum atomic E-state index is 12.0. The van der Waals surface area contributed by atoms with Gasteiger partial charge in [0.25, 0.3) is 5.91 Å². The Balaban J connectivity index is 2.10. The number of hydrogen-bond acceptors (Lipinski definition) is 4. The van der Waals surface area contributed by atoms with Gasteiger partial charge in [-0.3, -0.25) is 14.8 Å². The maximum Gasteiger partial charge on any atom is 0.271 e. The van der Waals surface area contributed by atoms with Gasteiger partial charge in [-0.05, 0) is 44.0 Å². The van der Waals surface area contributed by atoms with Crippen molar-refractivity contribution in [2.45, 2.75) is 20.8 Å². The molecule has 2 aromatic rings. The van der Waals surface area contributed by atoms with Crippen LogP contribution in [-0.4, -0.2) is 21.6 Å². The van der Waals surface area contributed by atoms with E-state index in [2.05, 4.69) is 20.5 Å². The smallest absolute Gasteiger partial charge is 0.267 e. The Kier molecular flexibility index (Phi) is 4.20. The molecule has 0 atom stereocenters. The van der Waals surface area contributed by atoms with Crippen LogP contribution in [0, 0.1) is 13.8 Å². The summed E-state index contributed by atoms with van der Waals surface area (Å²) in [6.07, 6.45) is 4.77. The van der Waals surface area contributed by atoms with Crippen LogP contribution in [0.1, 0.15) is 34.1 Å². The van der Waals surface area contributed by atoms with E-state index in [1.807, 2.05) is 26.0 Å². The molecule has 0 saturated heterocycles. The van der Waals surface area contributed by atoms with Crippen LogP contribution in [0.15, 0.2) is 41.9 Å². The van der Waals surface area contributed by atoms with Crippen LogP contribution in [-0.2, 0) is 0 Å². The lowest BCUT2D eigenvalue weighted by Crippen LogP contribution is -2.19. The highest BCUT2D eigenvalue weighted by molar-refractivity contribution is 5.99. The number of carbonyl (C=O) groups excluding carboxylic acids is 1. The van der Waals surface area contributed by atoms with Gasteiger partial charge in [-0.25, -0.2) is 5.43 Å². The number of rotatable bonds is 3. The van der Waals surface area contributed by atoms with Gasteiger partial charge in [0.15, 0.2) is 0 Å². The lowest BCUT2D eigenvalue weighted by Gasteiger charge is -2.05. The van der Waals surface area contributed by atoms with Gasteiger partial charge in [-0.2, -0.15) is 5.10 Å². The molecule has 0 unspecified atom stereocenters. The number of aromatic nitrogens is 2. The van der Waals surface area contributed by atoms with Crippen LogP contribution in [0.2, 0.25) is 0 Å². The second-order valence-electron chi connectivity index (χ2n) is 4.53. The van der Waals surface area contributed by atoms with Crippen molar-refractivity contribution in [3.05, 3.63) is 59.2 Å². The first kappa shape index (κ1) is 13.9. The Morgan fingerprint density at radius 1 is 1.20 bits per heavy atom. The van der Waals surface area contributed by atoms with Crippen LogP contribution in [0.5, 0.6) is 0 Å². The quantitative estimate of drug-likeness (QED) is 0.685. The average Bonchev–Trinajstić information content (AvgIpc) is 2.48. The van der Waals surface area contributed by atoms with Gasteiger partial charge in [-0.1, -0.05) is 6.07 Å². The highest BCUT2D eigenvalue weighted by Crippen LogP contribution is 2.09. The summed E-state index contributed by atoms with van der Waals surface area (Å²) < 4.78 is 0. The SMILES string of the molecule is C/C(=N\NC(=O)c1ccc(C)c(C)c1)c1cnccn1. The van der Waals surface area contributed by atoms with Crippen molar-refractivity contribution in [2.75, 3.05) is 0 Å². The molecular formula is C15H16N4O. The minimum atomic E-state index is -0.239. The summed E-state index contributed by atoms with van der Waals surface area (Å²) in [7, 11) is 0. The fourth-order valence-electron chi connectivity index (χ4n) is 1.63. The first-order valence-corrected chi connectivity index (χ1v) is 6.26. The molecule has 1 N–H and O–H groups in total. The van der Waals surface area contributed by atoms with Crippen molar-refractivity contribution in [3.63, 3.8) is 0 Å². The Hall–Kier alpha value is -2.56. The summed E-state index contributed by atoms with van der Waals surface area (Å²) >= 11 is 0. The molecule has 0 spiro atoms. The third-order valence-electron chi connectivity index (χ3n) is 3.03. The summed E-state index contributed by atoms with van der Waals surface area (Å²) in [6.45, 7) is 5.75. The van der Waals surface area contributed by atoms with Gasteiger partial charge in [0.05, 0.1) is 11.9 Å². The normalized spacial score (nSPS) is 11.2. The zero-order valence-electron chi connectivity index (χ0n) is 11.7. The zero-order chi connectivity index (χ0) is 14.5. The number of carbonyl (C=O) groups is 1. The Bertz CT molecular complexity index is 650. The molecule has 5 heteroatoms. The Morgan fingerprint density at radius 2 is 2.00 bits per heavy atom. The molecule has 102 valence electrons. The highest BCUT2D eigenvalue weighted by atomic mass is 16.2. The molecule has 1 aromatic carbocycles. The van der Waals surface area contributed by atoms with Crippen molar-refractivity contribution in [3.8, 4) is 0 Å². The Labute approximate surface area is 117 Å². The lowest BCUT2D eigenvalue weighted by molar-refractivity contribution is 0.0954. The van der Waals surface area contributed by atoms with E-state index in [0.717, 1.165) is 11.1 Å². The highest BCUT2D eigenvalue weighted by Gasteiger charge is 2.06. The molecule has 0 aliphatic heterocycles. The molecule has 1 amide bonds. The van der Waals surface area contributed by atoms with E-state index in [1.165, 1.54) is 0 Å². The topological polar surface area (TPSA) is 67.2 Å². The summed E-state index contributed by atoms with van der Waals surface area (Å²) in [5.41, 5.74) is 6.58. The molecule has 0 saturated carbocycles. The van der Waals surface area contributed by atoms with Crippen molar-refractivity contribution in [2.24, 2.45) is 5.10 Å². The summed E-state index contributed by atoms with van der Waals surface area (Å²) in [5.74, 6) is -0.239.